The van der Waals surface area contributed by atoms with E-state index in [0.717, 1.165) is 0 Å². The highest BCUT2D eigenvalue weighted by Gasteiger charge is 1.87. The molecule has 2 radical (unpaired) electrons. The maximum Gasteiger partial charge on any atom is 0.250 e. The standard InChI is InChI=1S/C2H5N3O/c3-1-2(6)5-4/h1,3H2,(H,5,6). The highest BCUT2D eigenvalue weighted by Crippen LogP contribution is 1.45. The van der Waals surface area contributed by atoms with E-state index >= 15 is 0 Å². The Morgan fingerprint density at radius 2 is 2.50 bits per heavy atom. The summed E-state index contributed by atoms with van der Waals surface area (Å²) >= 11 is 0. The van der Waals surface area contributed by atoms with Crippen LogP contribution in [0.3, 0.4) is 0 Å². The minimum atomic E-state index is -0.574. The van der Waals surface area contributed by atoms with Gasteiger partial charge < -0.3 is 5.73 Å². The third kappa shape index (κ3) is 1.68. The first kappa shape index (κ1) is 5.39. The second kappa shape index (κ2) is 2.62. The zero-order valence-corrected chi connectivity index (χ0v) is 3.14. The van der Waals surface area contributed by atoms with Crippen molar-refractivity contribution in [3.63, 3.8) is 0 Å². The van der Waals surface area contributed by atoms with Gasteiger partial charge in [-0.15, -0.1) is 0 Å². The Labute approximate surface area is 35.5 Å². The van der Waals surface area contributed by atoms with Crippen LogP contribution in [-0.4, -0.2) is 12.5 Å². The Morgan fingerprint density at radius 1 is 2.00 bits per heavy atom. The summed E-state index contributed by atoms with van der Waals surface area (Å²) in [6.07, 6.45) is 0. The maximum absolute atomic E-state index is 9.69. The molecule has 0 saturated heterocycles. The molecule has 0 heterocycles. The molecule has 0 saturated carbocycles. The van der Waals surface area contributed by atoms with Gasteiger partial charge in [-0.05, 0) is 5.84 Å². The molecule has 4 heteroatoms. The van der Waals surface area contributed by atoms with Gasteiger partial charge in [-0.25, -0.2) is 0 Å². The van der Waals surface area contributed by atoms with Crippen molar-refractivity contribution in [1.29, 1.82) is 0 Å². The van der Waals surface area contributed by atoms with E-state index in [9.17, 15) is 4.79 Å². The van der Waals surface area contributed by atoms with Crippen LogP contribution in [0.25, 0.3) is 0 Å². The Kier molecular flexibility index (Phi) is 2.35. The molecule has 0 atom stereocenters. The summed E-state index contributed by atoms with van der Waals surface area (Å²) in [6, 6.07) is 0. The highest BCUT2D eigenvalue weighted by atomic mass is 16.2. The molecule has 0 fully saturated rings. The summed E-state index contributed by atoms with van der Waals surface area (Å²) in [5, 5.41) is 0. The van der Waals surface area contributed by atoms with E-state index in [1.54, 1.807) is 0 Å². The number of nitrogens with two attached hydrogens (primary N) is 1. The molecule has 0 aromatic heterocycles. The summed E-state index contributed by atoms with van der Waals surface area (Å²) in [4.78, 5) is 9.69. The van der Waals surface area contributed by atoms with Gasteiger partial charge in [0.2, 0.25) is 5.91 Å². The van der Waals surface area contributed by atoms with E-state index in [4.69, 9.17) is 11.6 Å². The van der Waals surface area contributed by atoms with Crippen molar-refractivity contribution >= 4 is 5.91 Å². The van der Waals surface area contributed by atoms with Crippen LogP contribution in [0.1, 0.15) is 0 Å². The Bertz CT molecular complexity index is 46.8. The van der Waals surface area contributed by atoms with Crippen molar-refractivity contribution < 1.29 is 4.79 Å². The number of carbonyl (C=O) groups excluding carboxylic acids is 1. The predicted molar refractivity (Wildman–Crippen MR) is 19.3 cm³/mol. The average molecular weight is 87.1 g/mol. The van der Waals surface area contributed by atoms with Crippen LogP contribution < -0.4 is 17.0 Å². The Hall–Kier alpha value is -0.610. The molecule has 0 aliphatic carbocycles. The molecule has 0 bridgehead atoms. The molecule has 0 aromatic carbocycles. The fourth-order valence-corrected chi connectivity index (χ4v) is 0.0456. The zero-order valence-electron chi connectivity index (χ0n) is 3.14. The van der Waals surface area contributed by atoms with Gasteiger partial charge in [0.1, 0.15) is 0 Å². The van der Waals surface area contributed by atoms with Crippen LogP contribution in [-0.2, 0) is 4.79 Å². The fourth-order valence-electron chi connectivity index (χ4n) is 0.0456. The molecule has 0 rings (SSSR count). The fraction of sp³-hybridized carbons (Fsp3) is 0.500. The van der Waals surface area contributed by atoms with Gasteiger partial charge in [-0.1, -0.05) is 0 Å². The SMILES string of the molecule is [N]NC(=O)CN. The average Bonchev–Trinajstić information content (AvgIpc) is 1.65. The van der Waals surface area contributed by atoms with Gasteiger partial charge in [0.25, 0.3) is 0 Å². The number of nitrogens with zero attached hydrogens (tertiary/aromatic N) is 1. The molecule has 0 unspecified atom stereocenters. The van der Waals surface area contributed by atoms with E-state index in [1.807, 2.05) is 0 Å². The van der Waals surface area contributed by atoms with Gasteiger partial charge in [0.15, 0.2) is 0 Å². The van der Waals surface area contributed by atoms with E-state index in [1.165, 1.54) is 5.43 Å². The lowest BCUT2D eigenvalue weighted by Crippen LogP contribution is -2.28. The Balaban J connectivity index is 2.99. The number of hydrogen-bond donors (Lipinski definition) is 2. The monoisotopic (exact) mass is 87.0 g/mol. The minimum Gasteiger partial charge on any atom is -0.322 e. The lowest BCUT2D eigenvalue weighted by Gasteiger charge is -1.84. The molecule has 0 spiro atoms. The number of hydrogen-bond acceptors (Lipinski definition) is 2. The van der Waals surface area contributed by atoms with Crippen molar-refractivity contribution in [3.05, 3.63) is 0 Å². The topological polar surface area (TPSA) is 77.4 Å². The predicted octanol–water partition coefficient (Wildman–Crippen LogP) is -1.96. The molecular formula is C2H5N3O. The third-order valence-corrected chi connectivity index (χ3v) is 0.310. The van der Waals surface area contributed by atoms with E-state index in [2.05, 4.69) is 0 Å². The molecule has 3 N–H and O–H groups in total. The van der Waals surface area contributed by atoms with Gasteiger partial charge >= 0.3 is 0 Å². The Morgan fingerprint density at radius 3 is 2.50 bits per heavy atom. The van der Waals surface area contributed by atoms with Crippen molar-refractivity contribution in [2.45, 2.75) is 0 Å². The van der Waals surface area contributed by atoms with Crippen LogP contribution in [0.2, 0.25) is 0 Å². The quantitative estimate of drug-likeness (QED) is 0.364. The smallest absolute Gasteiger partial charge is 0.250 e. The first-order valence-electron chi connectivity index (χ1n) is 1.44. The summed E-state index contributed by atoms with van der Waals surface area (Å²) in [6.45, 7) is -0.170. The first-order chi connectivity index (χ1) is 2.81. The van der Waals surface area contributed by atoms with E-state index in [0.29, 0.717) is 0 Å². The number of carbonyl (C=O) groups is 1. The van der Waals surface area contributed by atoms with Crippen LogP contribution in [0, 0.1) is 0 Å². The highest BCUT2D eigenvalue weighted by molar-refractivity contribution is 5.76. The van der Waals surface area contributed by atoms with Gasteiger partial charge in [0.05, 0.1) is 6.54 Å². The van der Waals surface area contributed by atoms with Crippen molar-refractivity contribution in [3.8, 4) is 0 Å². The lowest BCUT2D eigenvalue weighted by molar-refractivity contribution is -0.119. The van der Waals surface area contributed by atoms with Crippen LogP contribution in [0.15, 0.2) is 0 Å². The van der Waals surface area contributed by atoms with Crippen molar-refractivity contribution in [2.75, 3.05) is 6.54 Å². The second-order valence-electron chi connectivity index (χ2n) is 0.739. The van der Waals surface area contributed by atoms with E-state index < -0.39 is 5.91 Å². The number of amides is 1. The molecule has 0 aromatic rings. The van der Waals surface area contributed by atoms with Crippen LogP contribution in [0.4, 0.5) is 0 Å². The van der Waals surface area contributed by atoms with Gasteiger partial charge in [0, 0.05) is 0 Å². The molecule has 6 heavy (non-hydrogen) atoms. The summed E-state index contributed by atoms with van der Waals surface area (Å²) in [7, 11) is 0. The second-order valence-corrected chi connectivity index (χ2v) is 0.739. The largest absolute Gasteiger partial charge is 0.322 e. The molecular weight excluding hydrogens is 82.0 g/mol. The zero-order chi connectivity index (χ0) is 4.99. The van der Waals surface area contributed by atoms with Crippen LogP contribution >= 0.6 is 0 Å². The summed E-state index contributed by atoms with van der Waals surface area (Å²) < 4.78 is 0. The summed E-state index contributed by atoms with van der Waals surface area (Å²) in [5.41, 5.74) is 6.06. The molecule has 4 nitrogen and oxygen atoms in total. The van der Waals surface area contributed by atoms with Crippen LogP contribution in [0.5, 0.6) is 0 Å². The van der Waals surface area contributed by atoms with Crippen molar-refractivity contribution in [2.24, 2.45) is 5.73 Å². The molecule has 1 amide bonds. The van der Waals surface area contributed by atoms with Crippen molar-refractivity contribution in [1.82, 2.24) is 11.3 Å². The van der Waals surface area contributed by atoms with Gasteiger partial charge in [-0.3, -0.25) is 10.2 Å². The normalized spacial score (nSPS) is 7.67. The molecule has 0 aliphatic rings. The maximum atomic E-state index is 9.69. The minimum absolute atomic E-state index is 0.170. The first-order valence-corrected chi connectivity index (χ1v) is 1.44. The number of rotatable bonds is 1. The van der Waals surface area contributed by atoms with E-state index in [-0.39, 0.29) is 6.54 Å². The lowest BCUT2D eigenvalue weighted by atomic mass is 10.7. The molecule has 34 valence electrons. The van der Waals surface area contributed by atoms with Gasteiger partial charge in [-0.2, -0.15) is 0 Å². The molecule has 0 aliphatic heterocycles. The summed E-state index contributed by atoms with van der Waals surface area (Å²) in [5.74, 6) is 7.08. The number of nitrogens with one attached hydrogen (secondary N) is 1. The third-order valence-electron chi connectivity index (χ3n) is 0.310.